The molecule has 3 unspecified atom stereocenters. The van der Waals surface area contributed by atoms with Crippen LogP contribution < -0.4 is 11.1 Å². The summed E-state index contributed by atoms with van der Waals surface area (Å²) in [5, 5.41) is 3.42. The van der Waals surface area contributed by atoms with Gasteiger partial charge in [0, 0.05) is 22.7 Å². The van der Waals surface area contributed by atoms with Crippen molar-refractivity contribution in [3.05, 3.63) is 29.8 Å². The van der Waals surface area contributed by atoms with Crippen LogP contribution in [0.25, 0.3) is 0 Å². The first-order chi connectivity index (χ1) is 10.7. The fourth-order valence-corrected chi connectivity index (χ4v) is 5.90. The molecule has 3 N–H and O–H groups in total. The minimum atomic E-state index is 0.0255. The number of nitrogens with two attached hydrogens (primary N) is 1. The summed E-state index contributed by atoms with van der Waals surface area (Å²) in [4.78, 5) is 14.1. The first kappa shape index (κ1) is 14.6. The maximum atomic E-state index is 12.8. The zero-order chi connectivity index (χ0) is 15.1. The third-order valence-corrected chi connectivity index (χ3v) is 6.88. The quantitative estimate of drug-likeness (QED) is 0.882. The predicted molar refractivity (Wildman–Crippen MR) is 89.9 cm³/mol. The standard InChI is InChI=1S/C18H24N2OS/c19-13-8-11-4-3-5-12(9-13)17(11)20-18(21)15-10-22-16-7-2-1-6-14(15)16/h1-2,6-7,11-13,15,17H,3-5,8-10,19H2,(H,20,21). The van der Waals surface area contributed by atoms with Crippen LogP contribution in [0, 0.1) is 11.8 Å². The second kappa shape index (κ2) is 5.89. The van der Waals surface area contributed by atoms with Gasteiger partial charge in [-0.3, -0.25) is 4.79 Å². The first-order valence-electron chi connectivity index (χ1n) is 8.50. The number of rotatable bonds is 2. The maximum Gasteiger partial charge on any atom is 0.228 e. The second-order valence-corrected chi connectivity index (χ2v) is 8.18. The summed E-state index contributed by atoms with van der Waals surface area (Å²) >= 11 is 1.81. The monoisotopic (exact) mass is 316 g/mol. The maximum absolute atomic E-state index is 12.8. The molecule has 0 saturated heterocycles. The smallest absolute Gasteiger partial charge is 0.228 e. The molecule has 0 aromatic heterocycles. The van der Waals surface area contributed by atoms with Gasteiger partial charge in [0.15, 0.2) is 0 Å². The van der Waals surface area contributed by atoms with E-state index in [1.165, 1.54) is 29.7 Å². The number of hydrogen-bond donors (Lipinski definition) is 2. The number of thioether (sulfide) groups is 1. The van der Waals surface area contributed by atoms with Gasteiger partial charge in [0.1, 0.15) is 0 Å². The summed E-state index contributed by atoms with van der Waals surface area (Å²) in [5.41, 5.74) is 7.40. The molecule has 2 aliphatic carbocycles. The van der Waals surface area contributed by atoms with Gasteiger partial charge >= 0.3 is 0 Å². The lowest BCUT2D eigenvalue weighted by Gasteiger charge is -2.45. The van der Waals surface area contributed by atoms with Crippen molar-refractivity contribution in [3.63, 3.8) is 0 Å². The molecular weight excluding hydrogens is 292 g/mol. The van der Waals surface area contributed by atoms with E-state index >= 15 is 0 Å². The minimum absolute atomic E-state index is 0.0255. The Labute approximate surface area is 136 Å². The van der Waals surface area contributed by atoms with E-state index in [-0.39, 0.29) is 11.8 Å². The van der Waals surface area contributed by atoms with Gasteiger partial charge in [-0.15, -0.1) is 11.8 Å². The fraction of sp³-hybridized carbons (Fsp3) is 0.611. The van der Waals surface area contributed by atoms with Crippen LogP contribution in [0.3, 0.4) is 0 Å². The number of benzene rings is 1. The van der Waals surface area contributed by atoms with Crippen LogP contribution in [0.2, 0.25) is 0 Å². The molecule has 3 nitrogen and oxygen atoms in total. The van der Waals surface area contributed by atoms with E-state index in [1.54, 1.807) is 0 Å². The Morgan fingerprint density at radius 2 is 1.91 bits per heavy atom. The van der Waals surface area contributed by atoms with Gasteiger partial charge in [0.2, 0.25) is 5.91 Å². The zero-order valence-corrected chi connectivity index (χ0v) is 13.6. The Kier molecular flexibility index (Phi) is 3.91. The van der Waals surface area contributed by atoms with Crippen LogP contribution in [0.1, 0.15) is 43.6 Å². The molecule has 1 aromatic carbocycles. The van der Waals surface area contributed by atoms with Crippen LogP contribution in [0.15, 0.2) is 29.2 Å². The average Bonchev–Trinajstić information content (AvgIpc) is 2.92. The highest BCUT2D eigenvalue weighted by molar-refractivity contribution is 7.99. The molecule has 1 amide bonds. The van der Waals surface area contributed by atoms with Crippen LogP contribution in [-0.2, 0) is 4.79 Å². The highest BCUT2D eigenvalue weighted by Crippen LogP contribution is 2.42. The number of carbonyl (C=O) groups is 1. The molecule has 2 saturated carbocycles. The van der Waals surface area contributed by atoms with E-state index in [1.807, 2.05) is 17.8 Å². The Morgan fingerprint density at radius 1 is 1.18 bits per heavy atom. The Hall–Kier alpha value is -1.00. The van der Waals surface area contributed by atoms with Gasteiger partial charge in [-0.1, -0.05) is 24.6 Å². The Bertz CT molecular complexity index is 562. The van der Waals surface area contributed by atoms with Crippen LogP contribution in [-0.4, -0.2) is 23.7 Å². The first-order valence-corrected chi connectivity index (χ1v) is 9.48. The average molecular weight is 316 g/mol. The lowest BCUT2D eigenvalue weighted by atomic mass is 9.67. The zero-order valence-electron chi connectivity index (χ0n) is 12.8. The van der Waals surface area contributed by atoms with E-state index in [2.05, 4.69) is 23.5 Å². The highest BCUT2D eigenvalue weighted by Gasteiger charge is 2.41. The lowest BCUT2D eigenvalue weighted by Crippen LogP contribution is -2.54. The Morgan fingerprint density at radius 3 is 2.68 bits per heavy atom. The summed E-state index contributed by atoms with van der Waals surface area (Å²) in [7, 11) is 0. The summed E-state index contributed by atoms with van der Waals surface area (Å²) in [5.74, 6) is 2.33. The molecule has 3 aliphatic rings. The minimum Gasteiger partial charge on any atom is -0.352 e. The highest BCUT2D eigenvalue weighted by atomic mass is 32.2. The Balaban J connectivity index is 1.49. The lowest BCUT2D eigenvalue weighted by molar-refractivity contribution is -0.124. The topological polar surface area (TPSA) is 55.1 Å². The molecule has 1 heterocycles. The SMILES string of the molecule is NC1CC2CCCC(C1)C2NC(=O)C1CSc2ccccc21. The predicted octanol–water partition coefficient (Wildman–Crippen LogP) is 2.90. The molecular formula is C18H24N2OS. The van der Waals surface area contributed by atoms with Crippen molar-refractivity contribution in [2.24, 2.45) is 17.6 Å². The molecule has 118 valence electrons. The molecule has 0 spiro atoms. The second-order valence-electron chi connectivity index (χ2n) is 7.12. The normalized spacial score (nSPS) is 36.7. The van der Waals surface area contributed by atoms with Crippen molar-refractivity contribution in [2.75, 3.05) is 5.75 Å². The van der Waals surface area contributed by atoms with Gasteiger partial charge in [-0.2, -0.15) is 0 Å². The van der Waals surface area contributed by atoms with Gasteiger partial charge in [0.05, 0.1) is 5.92 Å². The van der Waals surface area contributed by atoms with Crippen LogP contribution in [0.4, 0.5) is 0 Å². The van der Waals surface area contributed by atoms with Crippen molar-refractivity contribution in [2.45, 2.75) is 55.0 Å². The van der Waals surface area contributed by atoms with Gasteiger partial charge in [0.25, 0.3) is 0 Å². The van der Waals surface area contributed by atoms with Crippen LogP contribution >= 0.6 is 11.8 Å². The third kappa shape index (κ3) is 2.56. The molecule has 3 atom stereocenters. The molecule has 1 aromatic rings. The van der Waals surface area contributed by atoms with Crippen molar-refractivity contribution in [3.8, 4) is 0 Å². The van der Waals surface area contributed by atoms with Crippen molar-refractivity contribution in [1.29, 1.82) is 0 Å². The molecule has 1 aliphatic heterocycles. The van der Waals surface area contributed by atoms with Crippen molar-refractivity contribution < 1.29 is 4.79 Å². The molecule has 4 rings (SSSR count). The summed E-state index contributed by atoms with van der Waals surface area (Å²) in [6.45, 7) is 0. The van der Waals surface area contributed by atoms with E-state index in [4.69, 9.17) is 5.73 Å². The largest absolute Gasteiger partial charge is 0.352 e. The van der Waals surface area contributed by atoms with E-state index in [0.717, 1.165) is 18.6 Å². The van der Waals surface area contributed by atoms with E-state index in [0.29, 0.717) is 23.9 Å². The van der Waals surface area contributed by atoms with Crippen molar-refractivity contribution in [1.82, 2.24) is 5.32 Å². The van der Waals surface area contributed by atoms with Crippen molar-refractivity contribution >= 4 is 17.7 Å². The fourth-order valence-electron chi connectivity index (χ4n) is 4.67. The van der Waals surface area contributed by atoms with Crippen LogP contribution in [0.5, 0.6) is 0 Å². The van der Waals surface area contributed by atoms with Gasteiger partial charge < -0.3 is 11.1 Å². The molecule has 22 heavy (non-hydrogen) atoms. The number of amides is 1. The van der Waals surface area contributed by atoms with E-state index < -0.39 is 0 Å². The van der Waals surface area contributed by atoms with Gasteiger partial charge in [-0.25, -0.2) is 0 Å². The molecule has 2 fully saturated rings. The number of fused-ring (bicyclic) bond motifs is 3. The summed E-state index contributed by atoms with van der Waals surface area (Å²) < 4.78 is 0. The number of carbonyl (C=O) groups excluding carboxylic acids is 1. The molecule has 4 heteroatoms. The third-order valence-electron chi connectivity index (χ3n) is 5.70. The number of nitrogens with one attached hydrogen (secondary N) is 1. The number of hydrogen-bond acceptors (Lipinski definition) is 3. The molecule has 0 radical (unpaired) electrons. The van der Waals surface area contributed by atoms with E-state index in [9.17, 15) is 4.79 Å². The van der Waals surface area contributed by atoms with Gasteiger partial charge in [-0.05, 0) is 49.1 Å². The summed E-state index contributed by atoms with van der Waals surface area (Å²) in [6.07, 6.45) is 5.92. The summed E-state index contributed by atoms with van der Waals surface area (Å²) in [6, 6.07) is 9.03. The molecule has 2 bridgehead atoms.